The molecule has 36 heavy (non-hydrogen) atoms. The first-order valence-corrected chi connectivity index (χ1v) is 12.7. The van der Waals surface area contributed by atoms with Crippen molar-refractivity contribution in [1.29, 1.82) is 5.26 Å². The molecule has 2 aromatic rings. The predicted octanol–water partition coefficient (Wildman–Crippen LogP) is 2.02. The summed E-state index contributed by atoms with van der Waals surface area (Å²) in [6.45, 7) is 0.903. The van der Waals surface area contributed by atoms with E-state index in [9.17, 15) is 28.4 Å². The molecule has 190 valence electrons. The fourth-order valence-corrected chi connectivity index (χ4v) is 6.24. The maximum atomic E-state index is 13.2. The average Bonchev–Trinajstić information content (AvgIpc) is 3.08. The molecule has 2 N–H and O–H groups in total. The van der Waals surface area contributed by atoms with Gasteiger partial charge in [-0.1, -0.05) is 0 Å². The third-order valence-corrected chi connectivity index (χ3v) is 8.32. The predicted molar refractivity (Wildman–Crippen MR) is 127 cm³/mol. The second-order valence-electron chi connectivity index (χ2n) is 8.75. The summed E-state index contributed by atoms with van der Waals surface area (Å²) in [5, 5.41) is 31.6. The molecule has 0 aliphatic carbocycles. The molecular formula is C23H25N5O7S. The normalized spacial score (nSPS) is 20.9. The molecule has 2 aliphatic heterocycles. The molecule has 0 radical (unpaired) electrons. The number of nitro benzene ring substituents is 1. The van der Waals surface area contributed by atoms with Gasteiger partial charge >= 0.3 is 6.09 Å². The highest BCUT2D eigenvalue weighted by Crippen LogP contribution is 2.33. The quantitative estimate of drug-likeness (QED) is 0.375. The van der Waals surface area contributed by atoms with Crippen molar-refractivity contribution in [3.63, 3.8) is 0 Å². The van der Waals surface area contributed by atoms with Crippen LogP contribution in [0, 0.1) is 21.4 Å². The van der Waals surface area contributed by atoms with Crippen LogP contribution in [0.4, 0.5) is 10.5 Å². The zero-order valence-corrected chi connectivity index (χ0v) is 20.0. The summed E-state index contributed by atoms with van der Waals surface area (Å²) < 4.78 is 33.5. The number of nitriles is 1. The highest BCUT2D eigenvalue weighted by Gasteiger charge is 2.44. The zero-order chi connectivity index (χ0) is 25.9. The summed E-state index contributed by atoms with van der Waals surface area (Å²) in [4.78, 5) is 23.8. The molecule has 2 saturated heterocycles. The largest absolute Gasteiger partial charge is 0.491 e. The zero-order valence-electron chi connectivity index (χ0n) is 19.2. The summed E-state index contributed by atoms with van der Waals surface area (Å²) in [6, 6.07) is 12.6. The van der Waals surface area contributed by atoms with Gasteiger partial charge in [0.2, 0.25) is 10.0 Å². The van der Waals surface area contributed by atoms with E-state index in [4.69, 9.17) is 10.00 Å². The lowest BCUT2D eigenvalue weighted by molar-refractivity contribution is -0.384. The number of carbonyl (C=O) groups is 1. The summed E-state index contributed by atoms with van der Waals surface area (Å²) in [5.41, 5.74) is 0.305. The molecule has 12 nitrogen and oxygen atoms in total. The van der Waals surface area contributed by atoms with Gasteiger partial charge < -0.3 is 15.2 Å². The van der Waals surface area contributed by atoms with Crippen LogP contribution in [0.2, 0.25) is 0 Å². The topological polar surface area (TPSA) is 166 Å². The van der Waals surface area contributed by atoms with E-state index in [2.05, 4.69) is 10.2 Å². The minimum atomic E-state index is -3.83. The smallest absolute Gasteiger partial charge is 0.405 e. The van der Waals surface area contributed by atoms with E-state index in [-0.39, 0.29) is 42.4 Å². The summed E-state index contributed by atoms with van der Waals surface area (Å²) in [5.74, 6) is 0.508. The van der Waals surface area contributed by atoms with Crippen molar-refractivity contribution in [2.45, 2.75) is 35.9 Å². The van der Waals surface area contributed by atoms with Crippen molar-refractivity contribution < 1.29 is 28.0 Å². The molecule has 2 aliphatic rings. The van der Waals surface area contributed by atoms with Gasteiger partial charge in [-0.2, -0.15) is 9.57 Å². The molecule has 0 spiro atoms. The Morgan fingerprint density at radius 3 is 2.31 bits per heavy atom. The Labute approximate surface area is 207 Å². The second kappa shape index (κ2) is 10.5. The first-order valence-electron chi connectivity index (χ1n) is 11.3. The van der Waals surface area contributed by atoms with E-state index < -0.39 is 27.1 Å². The van der Waals surface area contributed by atoms with Crippen LogP contribution in [0.3, 0.4) is 0 Å². The molecule has 2 fully saturated rings. The van der Waals surface area contributed by atoms with Gasteiger partial charge in [-0.15, -0.1) is 0 Å². The highest BCUT2D eigenvalue weighted by atomic mass is 32.2. The first-order chi connectivity index (χ1) is 17.2. The number of hydrogen-bond donors (Lipinski definition) is 2. The van der Waals surface area contributed by atoms with E-state index in [0.29, 0.717) is 17.9 Å². The molecular weight excluding hydrogens is 490 g/mol. The molecule has 0 aromatic heterocycles. The number of nitrogens with one attached hydrogen (secondary N) is 1. The molecule has 4 rings (SSSR count). The van der Waals surface area contributed by atoms with Crippen molar-refractivity contribution in [2.75, 3.05) is 26.2 Å². The number of piperazine rings is 1. The van der Waals surface area contributed by atoms with Crippen LogP contribution in [0.1, 0.15) is 18.4 Å². The van der Waals surface area contributed by atoms with E-state index in [1.165, 1.54) is 28.6 Å². The van der Waals surface area contributed by atoms with Crippen molar-refractivity contribution in [2.24, 2.45) is 0 Å². The van der Waals surface area contributed by atoms with Gasteiger partial charge in [0.05, 0.1) is 27.5 Å². The van der Waals surface area contributed by atoms with Crippen LogP contribution in [-0.2, 0) is 10.0 Å². The van der Waals surface area contributed by atoms with E-state index >= 15 is 0 Å². The fourth-order valence-electron chi connectivity index (χ4n) is 4.73. The Balaban J connectivity index is 1.42. The third-order valence-electron chi connectivity index (χ3n) is 6.48. The number of rotatable bonds is 9. The average molecular weight is 516 g/mol. The molecule has 2 bridgehead atoms. The van der Waals surface area contributed by atoms with Crippen molar-refractivity contribution >= 4 is 21.8 Å². The minimum absolute atomic E-state index is 0.00202. The number of non-ortho nitro benzene ring substituents is 1. The number of amides is 1. The standard InChI is InChI=1S/C23H25N5O7S/c24-11-16-1-7-21(8-2-16)35-15-17(25-23(29)30)12-27-19-3-4-20(27)14-26(13-19)36(33,34)22-9-5-18(6-10-22)28(31)32/h1-2,5-10,17,19-20,25H,3-4,12-15H2,(H,29,30)/t17-,19?,20?/m0/s1. The number of benzene rings is 2. The Morgan fingerprint density at radius 2 is 1.78 bits per heavy atom. The van der Waals surface area contributed by atoms with Gasteiger partial charge in [-0.25, -0.2) is 13.2 Å². The lowest BCUT2D eigenvalue weighted by atomic mass is 10.1. The number of ether oxygens (including phenoxy) is 1. The maximum absolute atomic E-state index is 13.2. The van der Waals surface area contributed by atoms with Crippen LogP contribution in [0.25, 0.3) is 0 Å². The Bertz CT molecular complexity index is 1250. The molecule has 13 heteroatoms. The molecule has 2 unspecified atom stereocenters. The summed E-state index contributed by atoms with van der Waals surface area (Å²) >= 11 is 0. The lowest BCUT2D eigenvalue weighted by Crippen LogP contribution is -2.58. The number of hydrogen-bond acceptors (Lipinski definition) is 8. The van der Waals surface area contributed by atoms with E-state index in [1.54, 1.807) is 24.3 Å². The van der Waals surface area contributed by atoms with Crippen molar-refractivity contribution in [3.05, 3.63) is 64.2 Å². The van der Waals surface area contributed by atoms with Gasteiger partial charge in [0.15, 0.2) is 0 Å². The van der Waals surface area contributed by atoms with Crippen LogP contribution in [0.5, 0.6) is 5.75 Å². The number of nitrogens with zero attached hydrogens (tertiary/aromatic N) is 4. The van der Waals surface area contributed by atoms with Gasteiger partial charge in [0, 0.05) is 43.9 Å². The summed E-state index contributed by atoms with van der Waals surface area (Å²) in [7, 11) is -3.83. The van der Waals surface area contributed by atoms with E-state index in [1.807, 2.05) is 6.07 Å². The highest BCUT2D eigenvalue weighted by molar-refractivity contribution is 7.89. The fraction of sp³-hybridized carbons (Fsp3) is 0.391. The molecule has 1 amide bonds. The van der Waals surface area contributed by atoms with Crippen LogP contribution < -0.4 is 10.1 Å². The second-order valence-corrected chi connectivity index (χ2v) is 10.7. The molecule has 0 saturated carbocycles. The van der Waals surface area contributed by atoms with Crippen molar-refractivity contribution in [3.8, 4) is 11.8 Å². The van der Waals surface area contributed by atoms with Gasteiger partial charge in [-0.05, 0) is 49.2 Å². The Hall–Kier alpha value is -3.73. The minimum Gasteiger partial charge on any atom is -0.491 e. The van der Waals surface area contributed by atoms with Gasteiger partial charge in [-0.3, -0.25) is 15.0 Å². The number of carboxylic acid groups (broad SMARTS) is 1. The maximum Gasteiger partial charge on any atom is 0.405 e. The number of nitro groups is 1. The number of sulfonamides is 1. The Morgan fingerprint density at radius 1 is 1.17 bits per heavy atom. The van der Waals surface area contributed by atoms with Crippen molar-refractivity contribution in [1.82, 2.24) is 14.5 Å². The molecule has 3 atom stereocenters. The SMILES string of the molecule is N#Cc1ccc(OC[C@H](CN2C3CCC2CN(S(=O)(=O)c2ccc([N+](=O)[O-])cc2)C3)NC(=O)O)cc1. The van der Waals surface area contributed by atoms with E-state index in [0.717, 1.165) is 12.8 Å². The van der Waals surface area contributed by atoms with Gasteiger partial charge in [0.25, 0.3) is 5.69 Å². The molecule has 2 aromatic carbocycles. The monoisotopic (exact) mass is 515 g/mol. The van der Waals surface area contributed by atoms with Crippen LogP contribution in [0.15, 0.2) is 53.4 Å². The first kappa shape index (κ1) is 25.4. The molecule has 2 heterocycles. The third kappa shape index (κ3) is 5.56. The number of fused-ring (bicyclic) bond motifs is 2. The lowest BCUT2D eigenvalue weighted by Gasteiger charge is -2.41. The Kier molecular flexibility index (Phi) is 7.39. The van der Waals surface area contributed by atoms with Gasteiger partial charge in [0.1, 0.15) is 12.4 Å². The van der Waals surface area contributed by atoms with Crippen LogP contribution in [-0.4, -0.2) is 78.1 Å². The summed E-state index contributed by atoms with van der Waals surface area (Å²) in [6.07, 6.45) is 0.357. The van der Waals surface area contributed by atoms with Crippen LogP contribution >= 0.6 is 0 Å².